The molecule has 2 rings (SSSR count). The SMILES string of the molecule is CCNC(=NCc1ccc(OC)c(O)c1)N(C)Cc1cnn(C)c1.I. The first-order valence-corrected chi connectivity index (χ1v) is 7.86. The van der Waals surface area contributed by atoms with Crippen molar-refractivity contribution in [2.45, 2.75) is 20.0 Å². The van der Waals surface area contributed by atoms with Crippen molar-refractivity contribution in [3.05, 3.63) is 41.7 Å². The van der Waals surface area contributed by atoms with Gasteiger partial charge < -0.3 is 20.1 Å². The van der Waals surface area contributed by atoms with Gasteiger partial charge in [-0.1, -0.05) is 6.07 Å². The summed E-state index contributed by atoms with van der Waals surface area (Å²) in [7, 11) is 5.42. The highest BCUT2D eigenvalue weighted by Gasteiger charge is 2.08. The highest BCUT2D eigenvalue weighted by molar-refractivity contribution is 14.0. The summed E-state index contributed by atoms with van der Waals surface area (Å²) in [6.07, 6.45) is 3.84. The molecule has 1 heterocycles. The Morgan fingerprint density at radius 2 is 2.16 bits per heavy atom. The van der Waals surface area contributed by atoms with Crippen molar-refractivity contribution in [3.8, 4) is 11.5 Å². The highest BCUT2D eigenvalue weighted by atomic mass is 127. The van der Waals surface area contributed by atoms with Crippen molar-refractivity contribution in [1.29, 1.82) is 0 Å². The van der Waals surface area contributed by atoms with E-state index in [0.717, 1.165) is 23.6 Å². The summed E-state index contributed by atoms with van der Waals surface area (Å²) in [4.78, 5) is 6.68. The Bertz CT molecular complexity index is 702. The number of aromatic nitrogens is 2. The minimum Gasteiger partial charge on any atom is -0.504 e. The van der Waals surface area contributed by atoms with Crippen LogP contribution in [0.5, 0.6) is 11.5 Å². The zero-order chi connectivity index (χ0) is 17.5. The van der Waals surface area contributed by atoms with Crippen LogP contribution in [-0.2, 0) is 20.1 Å². The maximum Gasteiger partial charge on any atom is 0.194 e. The molecule has 2 aromatic rings. The molecule has 0 spiro atoms. The van der Waals surface area contributed by atoms with E-state index >= 15 is 0 Å². The standard InChI is InChI=1S/C17H25N5O2.HI/c1-5-18-17(21(2)11-14-10-20-22(3)12-14)19-9-13-6-7-16(24-4)15(23)8-13;/h6-8,10,12,23H,5,9,11H2,1-4H3,(H,18,19);1H. The maximum atomic E-state index is 9.86. The van der Waals surface area contributed by atoms with Crippen LogP contribution in [-0.4, -0.2) is 46.4 Å². The fourth-order valence-corrected chi connectivity index (χ4v) is 2.37. The second-order valence-corrected chi connectivity index (χ2v) is 5.55. The van der Waals surface area contributed by atoms with Crippen molar-refractivity contribution in [1.82, 2.24) is 20.0 Å². The number of aromatic hydroxyl groups is 1. The predicted molar refractivity (Wildman–Crippen MR) is 110 cm³/mol. The Kier molecular flexibility index (Phi) is 8.53. The van der Waals surface area contributed by atoms with Gasteiger partial charge in [-0.2, -0.15) is 5.10 Å². The summed E-state index contributed by atoms with van der Waals surface area (Å²) in [5.41, 5.74) is 2.03. The topological polar surface area (TPSA) is 74.9 Å². The van der Waals surface area contributed by atoms with Gasteiger partial charge in [-0.25, -0.2) is 4.99 Å². The second-order valence-electron chi connectivity index (χ2n) is 5.55. The number of ether oxygens (including phenoxy) is 1. The van der Waals surface area contributed by atoms with E-state index in [1.165, 1.54) is 7.11 Å². The predicted octanol–water partition coefficient (Wildman–Crippen LogP) is 2.35. The number of guanidine groups is 1. The summed E-state index contributed by atoms with van der Waals surface area (Å²) < 4.78 is 6.84. The number of nitrogens with one attached hydrogen (secondary N) is 1. The Balaban J connectivity index is 0.00000312. The maximum absolute atomic E-state index is 9.86. The van der Waals surface area contributed by atoms with Crippen molar-refractivity contribution < 1.29 is 9.84 Å². The molecule has 0 aliphatic rings. The average Bonchev–Trinajstić information content (AvgIpc) is 2.96. The van der Waals surface area contributed by atoms with Crippen molar-refractivity contribution in [2.24, 2.45) is 12.0 Å². The Morgan fingerprint density at radius 1 is 1.40 bits per heavy atom. The van der Waals surface area contributed by atoms with Gasteiger partial charge in [0.15, 0.2) is 17.5 Å². The zero-order valence-corrected chi connectivity index (χ0v) is 17.4. The molecule has 0 amide bonds. The molecule has 7 nitrogen and oxygen atoms in total. The first-order chi connectivity index (χ1) is 11.5. The fourth-order valence-electron chi connectivity index (χ4n) is 2.37. The summed E-state index contributed by atoms with van der Waals surface area (Å²) in [6, 6.07) is 5.31. The third kappa shape index (κ3) is 6.11. The lowest BCUT2D eigenvalue weighted by Gasteiger charge is -2.21. The van der Waals surface area contributed by atoms with Crippen LogP contribution in [0, 0.1) is 0 Å². The molecule has 0 saturated heterocycles. The molecule has 25 heavy (non-hydrogen) atoms. The Labute approximate surface area is 165 Å². The van der Waals surface area contributed by atoms with E-state index < -0.39 is 0 Å². The lowest BCUT2D eigenvalue weighted by Crippen LogP contribution is -2.38. The van der Waals surface area contributed by atoms with Crippen LogP contribution in [0.2, 0.25) is 0 Å². The third-order valence-corrected chi connectivity index (χ3v) is 3.53. The zero-order valence-electron chi connectivity index (χ0n) is 15.1. The molecule has 0 radical (unpaired) electrons. The minimum atomic E-state index is 0. The van der Waals surface area contributed by atoms with Gasteiger partial charge in [-0.3, -0.25) is 4.68 Å². The summed E-state index contributed by atoms with van der Waals surface area (Å²) >= 11 is 0. The summed E-state index contributed by atoms with van der Waals surface area (Å²) in [5.74, 6) is 1.39. The van der Waals surface area contributed by atoms with Crippen LogP contribution in [0.15, 0.2) is 35.6 Å². The number of benzene rings is 1. The highest BCUT2D eigenvalue weighted by Crippen LogP contribution is 2.26. The molecule has 0 unspecified atom stereocenters. The van der Waals surface area contributed by atoms with Gasteiger partial charge in [0.05, 0.1) is 19.9 Å². The normalized spacial score (nSPS) is 11.0. The van der Waals surface area contributed by atoms with E-state index in [9.17, 15) is 5.11 Å². The number of rotatable bonds is 6. The van der Waals surface area contributed by atoms with E-state index in [1.54, 1.807) is 16.8 Å². The molecule has 0 fully saturated rings. The number of phenols is 1. The lowest BCUT2D eigenvalue weighted by atomic mass is 10.2. The lowest BCUT2D eigenvalue weighted by molar-refractivity contribution is 0.373. The largest absolute Gasteiger partial charge is 0.504 e. The van der Waals surface area contributed by atoms with Crippen molar-refractivity contribution in [3.63, 3.8) is 0 Å². The van der Waals surface area contributed by atoms with Gasteiger partial charge in [-0.05, 0) is 24.6 Å². The number of aliphatic imine (C=N–C) groups is 1. The molecule has 2 N–H and O–H groups in total. The number of methoxy groups -OCH3 is 1. The second kappa shape index (κ2) is 10.1. The van der Waals surface area contributed by atoms with Gasteiger partial charge >= 0.3 is 0 Å². The van der Waals surface area contributed by atoms with Crippen LogP contribution in [0.1, 0.15) is 18.1 Å². The van der Waals surface area contributed by atoms with Gasteiger partial charge in [0.25, 0.3) is 0 Å². The quantitative estimate of drug-likeness (QED) is 0.394. The molecule has 0 atom stereocenters. The first kappa shape index (κ1) is 21.1. The molecule has 0 aliphatic carbocycles. The van der Waals surface area contributed by atoms with E-state index in [2.05, 4.69) is 15.4 Å². The number of nitrogens with zero attached hydrogens (tertiary/aromatic N) is 4. The Hall–Kier alpha value is -1.97. The van der Waals surface area contributed by atoms with Gasteiger partial charge in [0.1, 0.15) is 0 Å². The van der Waals surface area contributed by atoms with E-state index in [0.29, 0.717) is 18.8 Å². The van der Waals surface area contributed by atoms with Gasteiger partial charge in [0, 0.05) is 38.9 Å². The molecule has 0 saturated carbocycles. The molecule has 1 aromatic carbocycles. The smallest absolute Gasteiger partial charge is 0.194 e. The van der Waals surface area contributed by atoms with Crippen LogP contribution < -0.4 is 10.1 Å². The molecule has 0 aliphatic heterocycles. The number of hydrogen-bond donors (Lipinski definition) is 2. The van der Waals surface area contributed by atoms with E-state index in [4.69, 9.17) is 4.74 Å². The minimum absolute atomic E-state index is 0. The number of aryl methyl sites for hydroxylation is 1. The number of halogens is 1. The first-order valence-electron chi connectivity index (χ1n) is 7.86. The van der Waals surface area contributed by atoms with Crippen molar-refractivity contribution >= 4 is 29.9 Å². The molecular formula is C17H26IN5O2. The molecule has 138 valence electrons. The van der Waals surface area contributed by atoms with Gasteiger partial charge in [0.2, 0.25) is 0 Å². The Morgan fingerprint density at radius 3 is 2.72 bits per heavy atom. The fraction of sp³-hybridized carbons (Fsp3) is 0.412. The molecular weight excluding hydrogens is 433 g/mol. The van der Waals surface area contributed by atoms with Crippen LogP contribution in [0.4, 0.5) is 0 Å². The van der Waals surface area contributed by atoms with Gasteiger partial charge in [-0.15, -0.1) is 24.0 Å². The van der Waals surface area contributed by atoms with Crippen LogP contribution in [0.25, 0.3) is 0 Å². The van der Waals surface area contributed by atoms with Crippen molar-refractivity contribution in [2.75, 3.05) is 20.7 Å². The number of phenolic OH excluding ortho intramolecular Hbond substituents is 1. The molecule has 0 bridgehead atoms. The van der Waals surface area contributed by atoms with Crippen LogP contribution in [0.3, 0.4) is 0 Å². The summed E-state index contributed by atoms with van der Waals surface area (Å²) in [5, 5.41) is 17.3. The monoisotopic (exact) mass is 459 g/mol. The van der Waals surface area contributed by atoms with E-state index in [-0.39, 0.29) is 29.7 Å². The number of hydrogen-bond acceptors (Lipinski definition) is 4. The van der Waals surface area contributed by atoms with E-state index in [1.807, 2.05) is 44.4 Å². The summed E-state index contributed by atoms with van der Waals surface area (Å²) in [6.45, 7) is 4.00. The third-order valence-electron chi connectivity index (χ3n) is 3.53. The molecule has 1 aromatic heterocycles. The molecule has 8 heteroatoms. The average molecular weight is 459 g/mol. The van der Waals surface area contributed by atoms with Crippen LogP contribution >= 0.6 is 24.0 Å².